The van der Waals surface area contributed by atoms with Gasteiger partial charge in [0.1, 0.15) is 11.6 Å². The molecule has 0 aliphatic carbocycles. The van der Waals surface area contributed by atoms with Gasteiger partial charge in [0.15, 0.2) is 6.23 Å². The van der Waals surface area contributed by atoms with Crippen LogP contribution in [0.3, 0.4) is 0 Å². The van der Waals surface area contributed by atoms with Crippen LogP contribution in [-0.4, -0.2) is 39.1 Å². The Morgan fingerprint density at radius 2 is 2.00 bits per heavy atom. The quantitative estimate of drug-likeness (QED) is 0.482. The molecule has 0 saturated carbocycles. The van der Waals surface area contributed by atoms with E-state index in [1.807, 2.05) is 6.07 Å². The molecular formula is C16H16N2O5. The largest absolute Gasteiger partial charge is 0.465 e. The number of benzene rings is 1. The third-order valence-corrected chi connectivity index (χ3v) is 3.39. The molecule has 23 heavy (non-hydrogen) atoms. The number of methoxy groups -OCH3 is 2. The molecule has 120 valence electrons. The first kappa shape index (κ1) is 16.5. The third-order valence-electron chi connectivity index (χ3n) is 3.39. The molecular weight excluding hydrogens is 300 g/mol. The molecule has 1 amide bonds. The molecule has 1 heterocycles. The molecule has 0 N–H and O–H groups in total. The standard InChI is InChI=1S/C16H16N2O5/c1-4-23-16(20)18-12-8-6-5-7-10(12)13(14(18)21-2)11(9-17)15(19)22-3/h5-8,14H,4H2,1-3H3/b13-11-. The summed E-state index contributed by atoms with van der Waals surface area (Å²) in [5, 5.41) is 9.36. The van der Waals surface area contributed by atoms with Crippen molar-refractivity contribution in [3.63, 3.8) is 0 Å². The lowest BCUT2D eigenvalue weighted by atomic mass is 10.0. The number of para-hydroxylation sites is 1. The number of amides is 1. The molecule has 1 unspecified atom stereocenters. The summed E-state index contributed by atoms with van der Waals surface area (Å²) in [6, 6.07) is 8.72. The average molecular weight is 316 g/mol. The van der Waals surface area contributed by atoms with Crippen molar-refractivity contribution < 1.29 is 23.8 Å². The molecule has 1 aromatic carbocycles. The highest BCUT2D eigenvalue weighted by molar-refractivity contribution is 6.09. The summed E-state index contributed by atoms with van der Waals surface area (Å²) in [7, 11) is 2.57. The van der Waals surface area contributed by atoms with Crippen LogP contribution in [0.25, 0.3) is 5.57 Å². The van der Waals surface area contributed by atoms with Crippen LogP contribution >= 0.6 is 0 Å². The van der Waals surface area contributed by atoms with Gasteiger partial charge in [-0.15, -0.1) is 0 Å². The summed E-state index contributed by atoms with van der Waals surface area (Å²) < 4.78 is 15.1. The summed E-state index contributed by atoms with van der Waals surface area (Å²) in [5.41, 5.74) is 1.13. The van der Waals surface area contributed by atoms with E-state index in [0.717, 1.165) is 0 Å². The maximum atomic E-state index is 12.3. The lowest BCUT2D eigenvalue weighted by molar-refractivity contribution is -0.135. The highest BCUT2D eigenvalue weighted by Crippen LogP contribution is 2.42. The Morgan fingerprint density at radius 3 is 2.57 bits per heavy atom. The molecule has 0 radical (unpaired) electrons. The van der Waals surface area contributed by atoms with Gasteiger partial charge in [0.25, 0.3) is 0 Å². The zero-order valence-corrected chi connectivity index (χ0v) is 13.0. The van der Waals surface area contributed by atoms with E-state index in [-0.39, 0.29) is 17.8 Å². The summed E-state index contributed by atoms with van der Waals surface area (Å²) in [6.07, 6.45) is -1.57. The molecule has 1 aliphatic rings. The Morgan fingerprint density at radius 1 is 1.30 bits per heavy atom. The topological polar surface area (TPSA) is 88.9 Å². The molecule has 0 bridgehead atoms. The number of anilines is 1. The van der Waals surface area contributed by atoms with Gasteiger partial charge in [-0.05, 0) is 13.0 Å². The minimum absolute atomic E-state index is 0.190. The second-order valence-electron chi connectivity index (χ2n) is 4.57. The Labute approximate surface area is 133 Å². The second kappa shape index (κ2) is 6.94. The van der Waals surface area contributed by atoms with Gasteiger partial charge in [-0.2, -0.15) is 5.26 Å². The lowest BCUT2D eigenvalue weighted by Crippen LogP contribution is -2.39. The van der Waals surface area contributed by atoms with E-state index >= 15 is 0 Å². The number of rotatable bonds is 3. The molecule has 2 rings (SSSR count). The second-order valence-corrected chi connectivity index (χ2v) is 4.57. The predicted octanol–water partition coefficient (Wildman–Crippen LogP) is 2.09. The van der Waals surface area contributed by atoms with Gasteiger partial charge in [-0.25, -0.2) is 14.5 Å². The van der Waals surface area contributed by atoms with Crippen LogP contribution in [0.5, 0.6) is 0 Å². The number of ether oxygens (including phenoxy) is 3. The molecule has 7 nitrogen and oxygen atoms in total. The van der Waals surface area contributed by atoms with Gasteiger partial charge in [-0.3, -0.25) is 0 Å². The van der Waals surface area contributed by atoms with Crippen molar-refractivity contribution in [2.24, 2.45) is 0 Å². The van der Waals surface area contributed by atoms with Crippen molar-refractivity contribution in [3.8, 4) is 6.07 Å². The van der Waals surface area contributed by atoms with Crippen LogP contribution < -0.4 is 4.90 Å². The summed E-state index contributed by atoms with van der Waals surface area (Å²) >= 11 is 0. The van der Waals surface area contributed by atoms with E-state index < -0.39 is 18.3 Å². The number of carbonyl (C=O) groups is 2. The van der Waals surface area contributed by atoms with E-state index in [4.69, 9.17) is 9.47 Å². The number of hydrogen-bond acceptors (Lipinski definition) is 6. The minimum atomic E-state index is -0.944. The molecule has 1 aliphatic heterocycles. The smallest absolute Gasteiger partial charge is 0.416 e. The van der Waals surface area contributed by atoms with Crippen LogP contribution in [0.2, 0.25) is 0 Å². The van der Waals surface area contributed by atoms with Crippen molar-refractivity contribution in [2.75, 3.05) is 25.7 Å². The van der Waals surface area contributed by atoms with Gasteiger partial charge in [0.2, 0.25) is 0 Å². The van der Waals surface area contributed by atoms with Gasteiger partial charge >= 0.3 is 12.1 Å². The Kier molecular flexibility index (Phi) is 4.98. The van der Waals surface area contributed by atoms with Crippen LogP contribution in [0.15, 0.2) is 29.8 Å². The molecule has 0 fully saturated rings. The number of esters is 1. The van der Waals surface area contributed by atoms with Crippen molar-refractivity contribution in [1.29, 1.82) is 5.26 Å². The summed E-state index contributed by atoms with van der Waals surface area (Å²) in [6.45, 7) is 1.88. The monoisotopic (exact) mass is 316 g/mol. The SMILES string of the molecule is CCOC(=O)N1c2ccccc2/C(=C(\C#N)C(=O)OC)C1OC. The molecule has 0 saturated heterocycles. The zero-order valence-electron chi connectivity index (χ0n) is 13.0. The molecule has 0 spiro atoms. The van der Waals surface area contributed by atoms with Gasteiger partial charge in [0.05, 0.1) is 19.4 Å². The molecule has 1 aromatic rings. The van der Waals surface area contributed by atoms with E-state index in [0.29, 0.717) is 11.3 Å². The minimum Gasteiger partial charge on any atom is -0.465 e. The number of nitriles is 1. The lowest BCUT2D eigenvalue weighted by Gasteiger charge is -2.23. The molecule has 1 atom stereocenters. The van der Waals surface area contributed by atoms with Gasteiger partial charge in [0, 0.05) is 18.2 Å². The molecule has 0 aromatic heterocycles. The number of carbonyl (C=O) groups excluding carboxylic acids is 2. The number of nitrogens with zero attached hydrogens (tertiary/aromatic N) is 2. The van der Waals surface area contributed by atoms with Crippen LogP contribution in [0.1, 0.15) is 12.5 Å². The van der Waals surface area contributed by atoms with E-state index in [1.54, 1.807) is 31.2 Å². The van der Waals surface area contributed by atoms with Crippen LogP contribution in [0.4, 0.5) is 10.5 Å². The fraction of sp³-hybridized carbons (Fsp3) is 0.312. The van der Waals surface area contributed by atoms with Crippen molar-refractivity contribution in [2.45, 2.75) is 13.2 Å². The maximum Gasteiger partial charge on any atom is 0.416 e. The summed E-state index contributed by atoms with van der Waals surface area (Å²) in [5.74, 6) is -0.787. The first-order valence-corrected chi connectivity index (χ1v) is 6.91. The third kappa shape index (κ3) is 2.76. The molecule has 7 heteroatoms. The normalized spacial score (nSPS) is 18.0. The fourth-order valence-corrected chi connectivity index (χ4v) is 2.49. The average Bonchev–Trinajstić information content (AvgIpc) is 2.90. The predicted molar refractivity (Wildman–Crippen MR) is 81.3 cm³/mol. The van der Waals surface area contributed by atoms with Crippen molar-refractivity contribution in [3.05, 3.63) is 35.4 Å². The first-order valence-electron chi connectivity index (χ1n) is 6.91. The number of fused-ring (bicyclic) bond motifs is 1. The van der Waals surface area contributed by atoms with E-state index in [1.165, 1.54) is 19.1 Å². The van der Waals surface area contributed by atoms with E-state index in [9.17, 15) is 14.9 Å². The Bertz CT molecular complexity index is 705. The van der Waals surface area contributed by atoms with Crippen LogP contribution in [-0.2, 0) is 19.0 Å². The maximum absolute atomic E-state index is 12.3. The summed E-state index contributed by atoms with van der Waals surface area (Å²) in [4.78, 5) is 25.5. The first-order chi connectivity index (χ1) is 11.1. The fourth-order valence-electron chi connectivity index (χ4n) is 2.49. The van der Waals surface area contributed by atoms with Crippen molar-refractivity contribution >= 4 is 23.3 Å². The van der Waals surface area contributed by atoms with Crippen molar-refractivity contribution in [1.82, 2.24) is 0 Å². The number of hydrogen-bond donors (Lipinski definition) is 0. The van der Waals surface area contributed by atoms with Crippen LogP contribution in [0, 0.1) is 11.3 Å². The zero-order chi connectivity index (χ0) is 17.0. The highest BCUT2D eigenvalue weighted by Gasteiger charge is 2.42. The Hall–Kier alpha value is -2.85. The van der Waals surface area contributed by atoms with Gasteiger partial charge < -0.3 is 14.2 Å². The van der Waals surface area contributed by atoms with Gasteiger partial charge in [-0.1, -0.05) is 18.2 Å². The Balaban J connectivity index is 2.69. The van der Waals surface area contributed by atoms with E-state index in [2.05, 4.69) is 4.74 Å². The highest BCUT2D eigenvalue weighted by atomic mass is 16.6.